The van der Waals surface area contributed by atoms with Crippen LogP contribution in [0.2, 0.25) is 0 Å². The van der Waals surface area contributed by atoms with Crippen LogP contribution in [0.5, 0.6) is 5.75 Å². The zero-order chi connectivity index (χ0) is 18.6. The summed E-state index contributed by atoms with van der Waals surface area (Å²) in [6, 6.07) is 10.3. The first kappa shape index (κ1) is 18.9. The Kier molecular flexibility index (Phi) is 5.76. The number of benzene rings is 2. The first-order valence-corrected chi connectivity index (χ1v) is 8.84. The van der Waals surface area contributed by atoms with Crippen molar-refractivity contribution in [3.63, 3.8) is 0 Å². The topological polar surface area (TPSA) is 75.7 Å². The molecule has 134 valence electrons. The maximum absolute atomic E-state index is 13.4. The summed E-state index contributed by atoms with van der Waals surface area (Å²) >= 11 is 0. The number of aryl methyl sites for hydroxylation is 1. The van der Waals surface area contributed by atoms with Gasteiger partial charge < -0.3 is 10.1 Å². The van der Waals surface area contributed by atoms with Crippen LogP contribution in [-0.4, -0.2) is 39.3 Å². The summed E-state index contributed by atoms with van der Waals surface area (Å²) in [5.74, 6) is -1.21. The third-order valence-electron chi connectivity index (χ3n) is 3.48. The number of hydrogen-bond donors (Lipinski definition) is 1. The SMILES string of the molecule is COc1ccc(F)cc1S(=O)(=O)N(C)CC(=O)Nc1cccc(C)c1. The molecule has 0 fully saturated rings. The standard InChI is InChI=1S/C17H19FN2O4S/c1-12-5-4-6-14(9-12)19-17(21)11-20(2)25(22,23)16-10-13(18)7-8-15(16)24-3/h4-10H,11H2,1-3H3,(H,19,21). The van der Waals surface area contributed by atoms with E-state index in [1.807, 2.05) is 13.0 Å². The molecule has 0 atom stereocenters. The number of anilines is 1. The molecule has 2 rings (SSSR count). The van der Waals surface area contributed by atoms with Crippen molar-refractivity contribution in [1.82, 2.24) is 4.31 Å². The lowest BCUT2D eigenvalue weighted by molar-refractivity contribution is -0.116. The van der Waals surface area contributed by atoms with Crippen LogP contribution >= 0.6 is 0 Å². The molecule has 8 heteroatoms. The molecule has 0 spiro atoms. The second-order valence-electron chi connectivity index (χ2n) is 5.47. The van der Waals surface area contributed by atoms with Crippen LogP contribution in [0.1, 0.15) is 5.56 Å². The Morgan fingerprint density at radius 2 is 1.96 bits per heavy atom. The number of hydrogen-bond acceptors (Lipinski definition) is 4. The van der Waals surface area contributed by atoms with Gasteiger partial charge in [0.15, 0.2) is 0 Å². The Labute approximate surface area is 146 Å². The molecule has 1 amide bonds. The lowest BCUT2D eigenvalue weighted by atomic mass is 10.2. The van der Waals surface area contributed by atoms with Crippen molar-refractivity contribution in [2.75, 3.05) is 26.0 Å². The Morgan fingerprint density at radius 1 is 1.24 bits per heavy atom. The first-order chi connectivity index (χ1) is 11.7. The molecule has 0 saturated heterocycles. The molecule has 0 aromatic heterocycles. The zero-order valence-corrected chi connectivity index (χ0v) is 14.9. The van der Waals surface area contributed by atoms with Crippen LogP contribution in [0.15, 0.2) is 47.4 Å². The molecule has 25 heavy (non-hydrogen) atoms. The second-order valence-corrected chi connectivity index (χ2v) is 7.49. The van der Waals surface area contributed by atoms with E-state index in [1.165, 1.54) is 20.2 Å². The van der Waals surface area contributed by atoms with E-state index in [2.05, 4.69) is 5.32 Å². The lowest BCUT2D eigenvalue weighted by Gasteiger charge is -2.18. The van der Waals surface area contributed by atoms with E-state index in [4.69, 9.17) is 4.74 Å². The van der Waals surface area contributed by atoms with E-state index in [9.17, 15) is 17.6 Å². The quantitative estimate of drug-likeness (QED) is 0.852. The minimum atomic E-state index is -4.09. The summed E-state index contributed by atoms with van der Waals surface area (Å²) in [6.45, 7) is 1.46. The van der Waals surface area contributed by atoms with Crippen LogP contribution in [-0.2, 0) is 14.8 Å². The summed E-state index contributed by atoms with van der Waals surface area (Å²) in [7, 11) is -1.56. The van der Waals surface area contributed by atoms with Crippen molar-refractivity contribution in [1.29, 1.82) is 0 Å². The van der Waals surface area contributed by atoms with Crippen LogP contribution in [0.25, 0.3) is 0 Å². The highest BCUT2D eigenvalue weighted by Crippen LogP contribution is 2.26. The van der Waals surface area contributed by atoms with Gasteiger partial charge in [-0.3, -0.25) is 4.79 Å². The molecule has 0 heterocycles. The van der Waals surface area contributed by atoms with Gasteiger partial charge >= 0.3 is 0 Å². The number of likely N-dealkylation sites (N-methyl/N-ethyl adjacent to an activating group) is 1. The second kappa shape index (κ2) is 7.62. The molecule has 0 unspecified atom stereocenters. The van der Waals surface area contributed by atoms with E-state index in [1.54, 1.807) is 18.2 Å². The molecule has 1 N–H and O–H groups in total. The molecule has 0 bridgehead atoms. The average Bonchev–Trinajstić information content (AvgIpc) is 2.54. The number of halogens is 1. The van der Waals surface area contributed by atoms with Crippen molar-refractivity contribution in [2.24, 2.45) is 0 Å². The summed E-state index contributed by atoms with van der Waals surface area (Å²) in [5.41, 5.74) is 1.53. The van der Waals surface area contributed by atoms with Gasteiger partial charge in [-0.05, 0) is 42.8 Å². The summed E-state index contributed by atoms with van der Waals surface area (Å²) in [6.07, 6.45) is 0. The fourth-order valence-electron chi connectivity index (χ4n) is 2.23. The molecule has 2 aromatic carbocycles. The van der Waals surface area contributed by atoms with Crippen molar-refractivity contribution in [3.05, 3.63) is 53.8 Å². The average molecular weight is 366 g/mol. The monoisotopic (exact) mass is 366 g/mol. The molecule has 2 aromatic rings. The third-order valence-corrected chi connectivity index (χ3v) is 5.31. The first-order valence-electron chi connectivity index (χ1n) is 7.40. The highest BCUT2D eigenvalue weighted by atomic mass is 32.2. The smallest absolute Gasteiger partial charge is 0.247 e. The Morgan fingerprint density at radius 3 is 2.60 bits per heavy atom. The summed E-state index contributed by atoms with van der Waals surface area (Å²) in [4.78, 5) is 11.8. The largest absolute Gasteiger partial charge is 0.495 e. The van der Waals surface area contributed by atoms with Crippen molar-refractivity contribution >= 4 is 21.6 Å². The van der Waals surface area contributed by atoms with Crippen LogP contribution < -0.4 is 10.1 Å². The maximum Gasteiger partial charge on any atom is 0.247 e. The van der Waals surface area contributed by atoms with E-state index in [-0.39, 0.29) is 10.6 Å². The highest BCUT2D eigenvalue weighted by Gasteiger charge is 2.27. The normalized spacial score (nSPS) is 11.4. The number of nitrogens with one attached hydrogen (secondary N) is 1. The number of nitrogens with zero attached hydrogens (tertiary/aromatic N) is 1. The van der Waals surface area contributed by atoms with Gasteiger partial charge in [-0.2, -0.15) is 4.31 Å². The van der Waals surface area contributed by atoms with E-state index in [0.29, 0.717) is 5.69 Å². The fourth-order valence-corrected chi connectivity index (χ4v) is 3.52. The van der Waals surface area contributed by atoms with E-state index in [0.717, 1.165) is 22.0 Å². The van der Waals surface area contributed by atoms with Gasteiger partial charge in [-0.1, -0.05) is 12.1 Å². The van der Waals surface area contributed by atoms with E-state index >= 15 is 0 Å². The number of sulfonamides is 1. The van der Waals surface area contributed by atoms with Gasteiger partial charge in [0.1, 0.15) is 16.5 Å². The number of carbonyl (C=O) groups is 1. The molecule has 0 radical (unpaired) electrons. The van der Waals surface area contributed by atoms with Gasteiger partial charge in [0.25, 0.3) is 0 Å². The zero-order valence-electron chi connectivity index (χ0n) is 14.1. The molecule has 0 aliphatic carbocycles. The van der Waals surface area contributed by atoms with Gasteiger partial charge in [0.05, 0.1) is 13.7 Å². The van der Waals surface area contributed by atoms with Crippen LogP contribution in [0.3, 0.4) is 0 Å². The fraction of sp³-hybridized carbons (Fsp3) is 0.235. The molecule has 0 aliphatic rings. The lowest BCUT2D eigenvalue weighted by Crippen LogP contribution is -2.35. The predicted octanol–water partition coefficient (Wildman–Crippen LogP) is 2.40. The summed E-state index contributed by atoms with van der Waals surface area (Å²) in [5, 5.41) is 2.63. The number of ether oxygens (including phenoxy) is 1. The molecular formula is C17H19FN2O4S. The predicted molar refractivity (Wildman–Crippen MR) is 92.6 cm³/mol. The van der Waals surface area contributed by atoms with Gasteiger partial charge in [0, 0.05) is 12.7 Å². The van der Waals surface area contributed by atoms with Gasteiger partial charge in [-0.25, -0.2) is 12.8 Å². The van der Waals surface area contributed by atoms with Gasteiger partial charge in [-0.15, -0.1) is 0 Å². The number of carbonyl (C=O) groups excluding carboxylic acids is 1. The number of methoxy groups -OCH3 is 1. The number of rotatable bonds is 6. The maximum atomic E-state index is 13.4. The van der Waals surface area contributed by atoms with Gasteiger partial charge in [0.2, 0.25) is 15.9 Å². The van der Waals surface area contributed by atoms with Crippen molar-refractivity contribution < 1.29 is 22.3 Å². The Hall–Kier alpha value is -2.45. The minimum Gasteiger partial charge on any atom is -0.495 e. The molecule has 6 nitrogen and oxygen atoms in total. The minimum absolute atomic E-state index is 0.00680. The van der Waals surface area contributed by atoms with Crippen molar-refractivity contribution in [3.8, 4) is 5.75 Å². The third kappa shape index (κ3) is 4.55. The van der Waals surface area contributed by atoms with Crippen molar-refractivity contribution in [2.45, 2.75) is 11.8 Å². The van der Waals surface area contributed by atoms with Crippen LogP contribution in [0.4, 0.5) is 10.1 Å². The molecule has 0 aliphatic heterocycles. The van der Waals surface area contributed by atoms with E-state index < -0.39 is 28.3 Å². The molecule has 0 saturated carbocycles. The highest BCUT2D eigenvalue weighted by molar-refractivity contribution is 7.89. The number of amides is 1. The summed E-state index contributed by atoms with van der Waals surface area (Å²) < 4.78 is 44.5. The molecular weight excluding hydrogens is 347 g/mol. The Bertz CT molecular complexity index is 884. The Balaban J connectivity index is 2.17. The van der Waals surface area contributed by atoms with Crippen LogP contribution in [0, 0.1) is 12.7 Å².